The third-order valence-corrected chi connectivity index (χ3v) is 2.64. The van der Waals surface area contributed by atoms with Gasteiger partial charge in [-0.15, -0.1) is 0 Å². The number of rotatable bonds is 5. The van der Waals surface area contributed by atoms with Crippen molar-refractivity contribution in [1.82, 2.24) is 4.57 Å². The summed E-state index contributed by atoms with van der Waals surface area (Å²) in [6, 6.07) is 8.55. The summed E-state index contributed by atoms with van der Waals surface area (Å²) >= 11 is 0. The minimum Gasteiger partial charge on any atom is -0.394 e. The summed E-state index contributed by atoms with van der Waals surface area (Å²) in [4.78, 5) is 0. The van der Waals surface area contributed by atoms with E-state index < -0.39 is 0 Å². The lowest BCUT2D eigenvalue weighted by molar-refractivity contribution is 0.0875. The zero-order valence-corrected chi connectivity index (χ0v) is 9.52. The van der Waals surface area contributed by atoms with E-state index in [-0.39, 0.29) is 6.61 Å². The molecule has 1 aromatic carbocycles. The first-order chi connectivity index (χ1) is 7.81. The molecule has 86 valence electrons. The van der Waals surface area contributed by atoms with Crippen LogP contribution in [-0.2, 0) is 11.3 Å². The Balaban J connectivity index is 2.09. The highest BCUT2D eigenvalue weighted by Crippen LogP contribution is 2.17. The molecule has 0 amide bonds. The SMILES string of the molecule is Cc1ccc2ccn(CCOCCO)c2c1. The monoisotopic (exact) mass is 219 g/mol. The molecule has 0 bridgehead atoms. The molecule has 3 nitrogen and oxygen atoms in total. The molecule has 0 unspecified atom stereocenters. The maximum absolute atomic E-state index is 8.60. The Morgan fingerprint density at radius 2 is 2.12 bits per heavy atom. The second kappa shape index (κ2) is 5.14. The summed E-state index contributed by atoms with van der Waals surface area (Å²) < 4.78 is 7.44. The lowest BCUT2D eigenvalue weighted by atomic mass is 10.2. The van der Waals surface area contributed by atoms with Crippen LogP contribution in [0.1, 0.15) is 5.56 Å². The number of aryl methyl sites for hydroxylation is 1. The number of nitrogens with zero attached hydrogens (tertiary/aromatic N) is 1. The molecule has 0 aliphatic rings. The molecule has 0 saturated carbocycles. The average Bonchev–Trinajstić information content (AvgIpc) is 2.67. The highest BCUT2D eigenvalue weighted by atomic mass is 16.5. The summed E-state index contributed by atoms with van der Waals surface area (Å²) in [7, 11) is 0. The van der Waals surface area contributed by atoms with E-state index in [9.17, 15) is 0 Å². The van der Waals surface area contributed by atoms with Gasteiger partial charge in [0, 0.05) is 18.3 Å². The van der Waals surface area contributed by atoms with Gasteiger partial charge in [0.2, 0.25) is 0 Å². The third kappa shape index (κ3) is 2.43. The van der Waals surface area contributed by atoms with Crippen LogP contribution in [0.25, 0.3) is 10.9 Å². The van der Waals surface area contributed by atoms with Gasteiger partial charge in [0.25, 0.3) is 0 Å². The number of benzene rings is 1. The van der Waals surface area contributed by atoms with Crippen LogP contribution >= 0.6 is 0 Å². The summed E-state index contributed by atoms with van der Waals surface area (Å²) in [6.45, 7) is 4.06. The molecule has 2 rings (SSSR count). The fraction of sp³-hybridized carbons (Fsp3) is 0.385. The first-order valence-corrected chi connectivity index (χ1v) is 5.55. The number of fused-ring (bicyclic) bond motifs is 1. The van der Waals surface area contributed by atoms with E-state index in [4.69, 9.17) is 9.84 Å². The minimum atomic E-state index is 0.0888. The molecule has 0 radical (unpaired) electrons. The lowest BCUT2D eigenvalue weighted by Crippen LogP contribution is -2.07. The molecule has 0 atom stereocenters. The highest BCUT2D eigenvalue weighted by molar-refractivity contribution is 5.80. The molecule has 0 spiro atoms. The zero-order chi connectivity index (χ0) is 11.4. The van der Waals surface area contributed by atoms with E-state index in [2.05, 4.69) is 42.0 Å². The van der Waals surface area contributed by atoms with Crippen molar-refractivity contribution in [2.45, 2.75) is 13.5 Å². The molecule has 1 aromatic heterocycles. The smallest absolute Gasteiger partial charge is 0.0698 e. The van der Waals surface area contributed by atoms with Gasteiger partial charge in [-0.05, 0) is 30.0 Å². The Hall–Kier alpha value is -1.32. The second-order valence-electron chi connectivity index (χ2n) is 3.91. The van der Waals surface area contributed by atoms with E-state index in [1.54, 1.807) is 0 Å². The van der Waals surface area contributed by atoms with E-state index >= 15 is 0 Å². The third-order valence-electron chi connectivity index (χ3n) is 2.64. The minimum absolute atomic E-state index is 0.0888. The van der Waals surface area contributed by atoms with Crippen molar-refractivity contribution < 1.29 is 9.84 Å². The van der Waals surface area contributed by atoms with E-state index in [1.165, 1.54) is 16.5 Å². The Morgan fingerprint density at radius 3 is 2.94 bits per heavy atom. The Morgan fingerprint density at radius 1 is 1.25 bits per heavy atom. The molecule has 0 aliphatic heterocycles. The predicted octanol–water partition coefficient (Wildman–Crippen LogP) is 1.96. The van der Waals surface area contributed by atoms with Crippen LogP contribution in [-0.4, -0.2) is 29.5 Å². The molecule has 0 aliphatic carbocycles. The van der Waals surface area contributed by atoms with Gasteiger partial charge in [0.1, 0.15) is 0 Å². The van der Waals surface area contributed by atoms with Gasteiger partial charge in [0.05, 0.1) is 19.8 Å². The zero-order valence-electron chi connectivity index (χ0n) is 9.52. The molecule has 1 heterocycles. The second-order valence-corrected chi connectivity index (χ2v) is 3.91. The number of aliphatic hydroxyl groups is 1. The van der Waals surface area contributed by atoms with Gasteiger partial charge in [-0.25, -0.2) is 0 Å². The first-order valence-electron chi connectivity index (χ1n) is 5.55. The molecule has 1 N–H and O–H groups in total. The van der Waals surface area contributed by atoms with Crippen molar-refractivity contribution in [3.05, 3.63) is 36.0 Å². The number of hydrogen-bond donors (Lipinski definition) is 1. The van der Waals surface area contributed by atoms with Crippen LogP contribution in [0, 0.1) is 6.92 Å². The quantitative estimate of drug-likeness (QED) is 0.780. The van der Waals surface area contributed by atoms with E-state index in [0.29, 0.717) is 13.2 Å². The maximum Gasteiger partial charge on any atom is 0.0698 e. The van der Waals surface area contributed by atoms with Crippen LogP contribution in [0.2, 0.25) is 0 Å². The van der Waals surface area contributed by atoms with Crippen molar-refractivity contribution >= 4 is 10.9 Å². The van der Waals surface area contributed by atoms with Gasteiger partial charge in [-0.1, -0.05) is 12.1 Å². The van der Waals surface area contributed by atoms with Gasteiger partial charge >= 0.3 is 0 Å². The maximum atomic E-state index is 8.60. The molecule has 0 saturated heterocycles. The number of ether oxygens (including phenoxy) is 1. The fourth-order valence-corrected chi connectivity index (χ4v) is 1.82. The Kier molecular flexibility index (Phi) is 3.59. The number of aliphatic hydroxyl groups excluding tert-OH is 1. The van der Waals surface area contributed by atoms with Crippen LogP contribution in [0.15, 0.2) is 30.5 Å². The molecule has 0 fully saturated rings. The molecule has 16 heavy (non-hydrogen) atoms. The average molecular weight is 219 g/mol. The molecular formula is C13H17NO2. The molecule has 2 aromatic rings. The van der Waals surface area contributed by atoms with E-state index in [0.717, 1.165) is 6.54 Å². The summed E-state index contributed by atoms with van der Waals surface area (Å²) in [5, 5.41) is 9.86. The fourth-order valence-electron chi connectivity index (χ4n) is 1.82. The number of aromatic nitrogens is 1. The lowest BCUT2D eigenvalue weighted by Gasteiger charge is -2.06. The highest BCUT2D eigenvalue weighted by Gasteiger charge is 2.00. The Labute approximate surface area is 95.3 Å². The van der Waals surface area contributed by atoms with Gasteiger partial charge in [-0.2, -0.15) is 0 Å². The van der Waals surface area contributed by atoms with E-state index in [1.807, 2.05) is 0 Å². The van der Waals surface area contributed by atoms with Crippen LogP contribution in [0.5, 0.6) is 0 Å². The first kappa shape index (κ1) is 11.2. The van der Waals surface area contributed by atoms with Crippen molar-refractivity contribution in [3.63, 3.8) is 0 Å². The molecule has 3 heteroatoms. The largest absolute Gasteiger partial charge is 0.394 e. The van der Waals surface area contributed by atoms with Crippen molar-refractivity contribution in [3.8, 4) is 0 Å². The summed E-state index contributed by atoms with van der Waals surface area (Å²) in [5.41, 5.74) is 2.51. The van der Waals surface area contributed by atoms with Gasteiger partial charge in [0.15, 0.2) is 0 Å². The summed E-state index contributed by atoms with van der Waals surface area (Å²) in [5.74, 6) is 0. The van der Waals surface area contributed by atoms with Gasteiger partial charge < -0.3 is 14.4 Å². The topological polar surface area (TPSA) is 34.4 Å². The molecular weight excluding hydrogens is 202 g/mol. The predicted molar refractivity (Wildman–Crippen MR) is 64.6 cm³/mol. The Bertz CT molecular complexity index is 462. The van der Waals surface area contributed by atoms with Gasteiger partial charge in [-0.3, -0.25) is 0 Å². The normalized spacial score (nSPS) is 11.1. The van der Waals surface area contributed by atoms with Crippen molar-refractivity contribution in [1.29, 1.82) is 0 Å². The summed E-state index contributed by atoms with van der Waals surface area (Å²) in [6.07, 6.45) is 2.08. The van der Waals surface area contributed by atoms with Crippen LogP contribution in [0.3, 0.4) is 0 Å². The van der Waals surface area contributed by atoms with Crippen LogP contribution in [0.4, 0.5) is 0 Å². The van der Waals surface area contributed by atoms with Crippen molar-refractivity contribution in [2.24, 2.45) is 0 Å². The van der Waals surface area contributed by atoms with Crippen molar-refractivity contribution in [2.75, 3.05) is 19.8 Å². The number of hydrogen-bond acceptors (Lipinski definition) is 2. The van der Waals surface area contributed by atoms with Crippen LogP contribution < -0.4 is 0 Å². The standard InChI is InChI=1S/C13H17NO2/c1-11-2-3-12-4-5-14(13(12)10-11)6-8-16-9-7-15/h2-5,10,15H,6-9H2,1H3.